The van der Waals surface area contributed by atoms with E-state index in [2.05, 4.69) is 44.9 Å². The van der Waals surface area contributed by atoms with E-state index in [1.54, 1.807) is 13.3 Å². The van der Waals surface area contributed by atoms with Gasteiger partial charge in [-0.05, 0) is 28.8 Å². The number of guanidine groups is 1. The summed E-state index contributed by atoms with van der Waals surface area (Å²) in [5, 5.41) is 6.66. The van der Waals surface area contributed by atoms with Crippen LogP contribution in [0.4, 0.5) is 0 Å². The van der Waals surface area contributed by atoms with E-state index in [1.807, 2.05) is 60.7 Å². The summed E-state index contributed by atoms with van der Waals surface area (Å²) in [6.07, 6.45) is 1.67. The first kappa shape index (κ1) is 22.3. The van der Waals surface area contributed by atoms with E-state index >= 15 is 0 Å². The Labute approximate surface area is 194 Å². The van der Waals surface area contributed by atoms with E-state index in [4.69, 9.17) is 9.15 Å². The van der Waals surface area contributed by atoms with Gasteiger partial charge >= 0.3 is 0 Å². The maximum atomic E-state index is 5.93. The number of nitrogens with zero attached hydrogens (tertiary/aromatic N) is 2. The van der Waals surface area contributed by atoms with Gasteiger partial charge in [-0.2, -0.15) is 0 Å². The molecule has 0 bridgehead atoms. The molecule has 6 heteroatoms. The first-order valence-electron chi connectivity index (χ1n) is 10.9. The van der Waals surface area contributed by atoms with Crippen LogP contribution in [0.25, 0.3) is 11.5 Å². The maximum absolute atomic E-state index is 5.93. The van der Waals surface area contributed by atoms with Crippen molar-refractivity contribution in [2.45, 2.75) is 26.3 Å². The van der Waals surface area contributed by atoms with Gasteiger partial charge in [0.2, 0.25) is 5.89 Å². The van der Waals surface area contributed by atoms with Crippen molar-refractivity contribution in [1.82, 2.24) is 15.6 Å². The van der Waals surface area contributed by atoms with Crippen LogP contribution in [0.5, 0.6) is 0 Å². The maximum Gasteiger partial charge on any atom is 0.226 e. The summed E-state index contributed by atoms with van der Waals surface area (Å²) in [5.74, 6) is 1.30. The fourth-order valence-corrected chi connectivity index (χ4v) is 3.40. The Balaban J connectivity index is 1.28. The highest BCUT2D eigenvalue weighted by molar-refractivity contribution is 5.79. The van der Waals surface area contributed by atoms with Gasteiger partial charge in [0.15, 0.2) is 5.96 Å². The molecule has 1 heterocycles. The molecule has 0 amide bonds. The highest BCUT2D eigenvalue weighted by Crippen LogP contribution is 2.17. The highest BCUT2D eigenvalue weighted by Gasteiger charge is 2.08. The van der Waals surface area contributed by atoms with Crippen LogP contribution >= 0.6 is 0 Å². The highest BCUT2D eigenvalue weighted by atomic mass is 16.5. The van der Waals surface area contributed by atoms with Crippen LogP contribution in [0.3, 0.4) is 0 Å². The fourth-order valence-electron chi connectivity index (χ4n) is 3.40. The number of nitrogens with one attached hydrogen (secondary N) is 2. The molecular formula is C27H28N4O2. The summed E-state index contributed by atoms with van der Waals surface area (Å²) in [5.41, 5.74) is 5.26. The van der Waals surface area contributed by atoms with Gasteiger partial charge in [-0.1, -0.05) is 72.8 Å². The van der Waals surface area contributed by atoms with Gasteiger partial charge in [-0.15, -0.1) is 0 Å². The summed E-state index contributed by atoms with van der Waals surface area (Å²) >= 11 is 0. The number of hydrogen-bond donors (Lipinski definition) is 2. The number of hydrogen-bond acceptors (Lipinski definition) is 4. The van der Waals surface area contributed by atoms with E-state index in [-0.39, 0.29) is 0 Å². The monoisotopic (exact) mass is 440 g/mol. The molecule has 0 unspecified atom stereocenters. The molecule has 2 N–H and O–H groups in total. The van der Waals surface area contributed by atoms with Crippen LogP contribution in [-0.4, -0.2) is 18.0 Å². The SMILES string of the molecule is CN=C(NCc1coc(-c2ccccc2)n1)NCc1ccccc1COCc1ccccc1. The van der Waals surface area contributed by atoms with Crippen molar-refractivity contribution < 1.29 is 9.15 Å². The number of aliphatic imine (C=N–C) groups is 1. The van der Waals surface area contributed by atoms with Crippen molar-refractivity contribution >= 4 is 5.96 Å². The van der Waals surface area contributed by atoms with Gasteiger partial charge in [0.25, 0.3) is 0 Å². The van der Waals surface area contributed by atoms with E-state index in [0.717, 1.165) is 16.8 Å². The minimum atomic E-state index is 0.512. The van der Waals surface area contributed by atoms with Crippen LogP contribution in [0, 0.1) is 0 Å². The van der Waals surface area contributed by atoms with Gasteiger partial charge in [0.05, 0.1) is 25.5 Å². The largest absolute Gasteiger partial charge is 0.444 e. The first-order chi connectivity index (χ1) is 16.3. The lowest BCUT2D eigenvalue weighted by Crippen LogP contribution is -2.36. The van der Waals surface area contributed by atoms with E-state index in [9.17, 15) is 0 Å². The van der Waals surface area contributed by atoms with Crippen molar-refractivity contribution in [3.8, 4) is 11.5 Å². The lowest BCUT2D eigenvalue weighted by molar-refractivity contribution is 0.106. The molecule has 3 aromatic carbocycles. The second-order valence-electron chi connectivity index (χ2n) is 7.54. The minimum Gasteiger partial charge on any atom is -0.444 e. The average molecular weight is 441 g/mol. The third-order valence-corrected chi connectivity index (χ3v) is 5.17. The molecule has 168 valence electrons. The molecule has 0 fully saturated rings. The molecule has 4 rings (SSSR count). The van der Waals surface area contributed by atoms with Gasteiger partial charge in [-0.3, -0.25) is 4.99 Å². The first-order valence-corrected chi connectivity index (χ1v) is 10.9. The van der Waals surface area contributed by atoms with Crippen molar-refractivity contribution in [3.05, 3.63) is 114 Å². The molecule has 33 heavy (non-hydrogen) atoms. The third-order valence-electron chi connectivity index (χ3n) is 5.17. The lowest BCUT2D eigenvalue weighted by Gasteiger charge is -2.14. The minimum absolute atomic E-state index is 0.512. The molecule has 1 aromatic heterocycles. The van der Waals surface area contributed by atoms with Crippen LogP contribution in [0.15, 0.2) is 101 Å². The molecule has 0 aliphatic rings. The van der Waals surface area contributed by atoms with Gasteiger partial charge in [0, 0.05) is 19.2 Å². The predicted octanol–water partition coefficient (Wildman–Crippen LogP) is 4.92. The summed E-state index contributed by atoms with van der Waals surface area (Å²) in [7, 11) is 1.75. The number of oxazole rings is 1. The quantitative estimate of drug-likeness (QED) is 0.285. The summed E-state index contributed by atoms with van der Waals surface area (Å²) < 4.78 is 11.5. The molecule has 0 aliphatic heterocycles. The Bertz CT molecular complexity index is 1160. The number of ether oxygens (including phenoxy) is 1. The lowest BCUT2D eigenvalue weighted by atomic mass is 10.1. The van der Waals surface area contributed by atoms with E-state index in [1.165, 1.54) is 11.1 Å². The van der Waals surface area contributed by atoms with Crippen LogP contribution in [0.2, 0.25) is 0 Å². The Hall–Kier alpha value is -3.90. The van der Waals surface area contributed by atoms with Crippen molar-refractivity contribution in [3.63, 3.8) is 0 Å². The molecular weight excluding hydrogens is 412 g/mol. The Morgan fingerprint density at radius 2 is 1.48 bits per heavy atom. The molecule has 0 saturated heterocycles. The normalized spacial score (nSPS) is 11.4. The molecule has 0 spiro atoms. The third kappa shape index (κ3) is 6.54. The van der Waals surface area contributed by atoms with Crippen LogP contribution in [0.1, 0.15) is 22.4 Å². The Kier molecular flexibility index (Phi) is 7.87. The van der Waals surface area contributed by atoms with Crippen LogP contribution in [-0.2, 0) is 31.0 Å². The Morgan fingerprint density at radius 1 is 0.818 bits per heavy atom. The summed E-state index contributed by atoms with van der Waals surface area (Å²) in [6, 6.07) is 28.3. The van der Waals surface area contributed by atoms with Gasteiger partial charge in [-0.25, -0.2) is 4.98 Å². The second kappa shape index (κ2) is 11.6. The Morgan fingerprint density at radius 3 is 2.24 bits per heavy atom. The van der Waals surface area contributed by atoms with Gasteiger partial charge in [0.1, 0.15) is 6.26 Å². The van der Waals surface area contributed by atoms with E-state index < -0.39 is 0 Å². The average Bonchev–Trinajstić information content (AvgIpc) is 3.35. The second-order valence-corrected chi connectivity index (χ2v) is 7.54. The zero-order valence-electron chi connectivity index (χ0n) is 18.7. The smallest absolute Gasteiger partial charge is 0.226 e. The topological polar surface area (TPSA) is 71.7 Å². The van der Waals surface area contributed by atoms with Gasteiger partial charge < -0.3 is 19.8 Å². The fraction of sp³-hybridized carbons (Fsp3) is 0.185. The summed E-state index contributed by atoms with van der Waals surface area (Å²) in [6.45, 7) is 2.30. The zero-order chi connectivity index (χ0) is 22.7. The zero-order valence-corrected chi connectivity index (χ0v) is 18.7. The van der Waals surface area contributed by atoms with Crippen molar-refractivity contribution in [1.29, 1.82) is 0 Å². The number of aromatic nitrogens is 1. The van der Waals surface area contributed by atoms with E-state index in [0.29, 0.717) is 38.2 Å². The molecule has 0 aliphatic carbocycles. The van der Waals surface area contributed by atoms with Crippen LogP contribution < -0.4 is 10.6 Å². The molecule has 4 aromatic rings. The van der Waals surface area contributed by atoms with Crippen molar-refractivity contribution in [2.24, 2.45) is 4.99 Å². The number of benzene rings is 3. The molecule has 0 saturated carbocycles. The van der Waals surface area contributed by atoms with Crippen molar-refractivity contribution in [2.75, 3.05) is 7.05 Å². The predicted molar refractivity (Wildman–Crippen MR) is 130 cm³/mol. The molecule has 0 radical (unpaired) electrons. The summed E-state index contributed by atoms with van der Waals surface area (Å²) in [4.78, 5) is 8.87. The standard InChI is InChI=1S/C27H28N4O2/c1-28-27(30-17-25-20-33-26(31-25)22-12-6-3-7-13-22)29-16-23-14-8-9-15-24(23)19-32-18-21-10-4-2-5-11-21/h2-15,20H,16-19H2,1H3,(H2,28,29,30). The number of rotatable bonds is 9. The molecule has 6 nitrogen and oxygen atoms in total. The molecule has 0 atom stereocenters.